The average molecular weight is 555 g/mol. The first-order valence-corrected chi connectivity index (χ1v) is 14.7. The van der Waals surface area contributed by atoms with Gasteiger partial charge in [0.05, 0.1) is 22.4 Å². The summed E-state index contributed by atoms with van der Waals surface area (Å²) in [4.78, 5) is 30.8. The van der Waals surface area contributed by atoms with Gasteiger partial charge in [0.1, 0.15) is 18.2 Å². The van der Waals surface area contributed by atoms with E-state index < -0.39 is 0 Å². The first-order chi connectivity index (χ1) is 19.4. The number of halogens is 1. The Morgan fingerprint density at radius 2 is 1.70 bits per heavy atom. The van der Waals surface area contributed by atoms with Gasteiger partial charge >= 0.3 is 0 Å². The Labute approximate surface area is 237 Å². The first-order valence-electron chi connectivity index (χ1n) is 13.6. The fourth-order valence-electron chi connectivity index (χ4n) is 5.56. The highest BCUT2D eigenvalue weighted by atomic mass is 32.2. The third-order valence-electron chi connectivity index (χ3n) is 7.87. The van der Waals surface area contributed by atoms with Crippen molar-refractivity contribution in [1.29, 1.82) is 0 Å². The number of hydrogen-bond donors (Lipinski definition) is 0. The van der Waals surface area contributed by atoms with Crippen molar-refractivity contribution in [2.45, 2.75) is 31.9 Å². The summed E-state index contributed by atoms with van der Waals surface area (Å²) in [5.41, 5.74) is 6.39. The molecule has 6 rings (SSSR count). The van der Waals surface area contributed by atoms with Gasteiger partial charge in [-0.3, -0.25) is 14.5 Å². The van der Waals surface area contributed by atoms with Crippen LogP contribution < -0.4 is 4.90 Å². The fourth-order valence-corrected chi connectivity index (χ4v) is 6.76. The highest BCUT2D eigenvalue weighted by molar-refractivity contribution is 8.00. The highest BCUT2D eigenvalue weighted by Crippen LogP contribution is 2.48. The minimum absolute atomic E-state index is 0.0483. The van der Waals surface area contributed by atoms with Gasteiger partial charge in [-0.2, -0.15) is 5.10 Å². The summed E-state index contributed by atoms with van der Waals surface area (Å²) in [5, 5.41) is 4.88. The third kappa shape index (κ3) is 4.81. The third-order valence-corrected chi connectivity index (χ3v) is 9.12. The van der Waals surface area contributed by atoms with Crippen LogP contribution in [0, 0.1) is 19.7 Å². The van der Waals surface area contributed by atoms with Crippen LogP contribution >= 0.6 is 11.8 Å². The molecule has 204 valence electrons. The van der Waals surface area contributed by atoms with E-state index in [4.69, 9.17) is 5.10 Å². The lowest BCUT2D eigenvalue weighted by Crippen LogP contribution is -2.43. The summed E-state index contributed by atoms with van der Waals surface area (Å²) in [6, 6.07) is 22.4. The average Bonchev–Trinajstić information content (AvgIpc) is 3.61. The molecule has 1 saturated heterocycles. The molecule has 0 bridgehead atoms. The summed E-state index contributed by atoms with van der Waals surface area (Å²) in [5.74, 6) is 0.271. The number of anilines is 1. The van der Waals surface area contributed by atoms with Crippen molar-refractivity contribution in [3.8, 4) is 16.9 Å². The van der Waals surface area contributed by atoms with E-state index in [1.54, 1.807) is 17.0 Å². The number of carbonyl (C=O) groups is 2. The fraction of sp³-hybridized carbons (Fsp3) is 0.281. The van der Waals surface area contributed by atoms with Crippen LogP contribution in [-0.4, -0.2) is 51.9 Å². The molecule has 8 heteroatoms. The van der Waals surface area contributed by atoms with E-state index in [2.05, 4.69) is 13.0 Å². The Hall–Kier alpha value is -3.91. The molecule has 1 atom stereocenters. The Balaban J connectivity index is 1.63. The second-order valence-corrected chi connectivity index (χ2v) is 11.5. The molecule has 2 aliphatic heterocycles. The number of carbonyl (C=O) groups excluding carboxylic acids is 2. The summed E-state index contributed by atoms with van der Waals surface area (Å²) in [7, 11) is 0. The van der Waals surface area contributed by atoms with Gasteiger partial charge in [-0.25, -0.2) is 9.07 Å². The summed E-state index contributed by atoms with van der Waals surface area (Å²) >= 11 is 1.49. The second-order valence-electron chi connectivity index (χ2n) is 10.4. The minimum Gasteiger partial charge on any atom is -0.341 e. The van der Waals surface area contributed by atoms with Crippen LogP contribution in [0.4, 0.5) is 10.2 Å². The number of fused-ring (bicyclic) bond motifs is 1. The SMILES string of the molecule is Cc1cccc(-n2nc(-c3ccccc3)c3c2N(CC(=O)N2CCCC2)C(=O)CS[C@H]3c2ccc(F)cc2)c1C. The van der Waals surface area contributed by atoms with Crippen molar-refractivity contribution in [2.24, 2.45) is 0 Å². The molecule has 0 spiro atoms. The lowest BCUT2D eigenvalue weighted by molar-refractivity contribution is -0.130. The number of thioether (sulfide) groups is 1. The molecule has 2 aliphatic rings. The molecule has 0 aliphatic carbocycles. The maximum Gasteiger partial charge on any atom is 0.242 e. The number of rotatable bonds is 5. The van der Waals surface area contributed by atoms with E-state index in [1.807, 2.05) is 59.0 Å². The van der Waals surface area contributed by atoms with Crippen LogP contribution in [0.5, 0.6) is 0 Å². The van der Waals surface area contributed by atoms with Crippen LogP contribution in [0.15, 0.2) is 72.8 Å². The Morgan fingerprint density at radius 1 is 0.975 bits per heavy atom. The predicted molar refractivity (Wildman–Crippen MR) is 157 cm³/mol. The number of aromatic nitrogens is 2. The van der Waals surface area contributed by atoms with Gasteiger partial charge in [0.15, 0.2) is 0 Å². The van der Waals surface area contributed by atoms with Crippen molar-refractivity contribution < 1.29 is 14.0 Å². The van der Waals surface area contributed by atoms with Gasteiger partial charge in [-0.1, -0.05) is 54.6 Å². The zero-order chi connectivity index (χ0) is 27.8. The molecule has 0 saturated carbocycles. The molecule has 0 radical (unpaired) electrons. The van der Waals surface area contributed by atoms with E-state index in [1.165, 1.54) is 23.9 Å². The highest BCUT2D eigenvalue weighted by Gasteiger charge is 2.38. The topological polar surface area (TPSA) is 58.4 Å². The molecule has 1 fully saturated rings. The van der Waals surface area contributed by atoms with Crippen molar-refractivity contribution in [3.05, 3.63) is 101 Å². The smallest absolute Gasteiger partial charge is 0.242 e. The van der Waals surface area contributed by atoms with Crippen molar-refractivity contribution in [2.75, 3.05) is 30.3 Å². The maximum atomic E-state index is 14.0. The number of nitrogens with zero attached hydrogens (tertiary/aromatic N) is 4. The molecule has 2 amide bonds. The quantitative estimate of drug-likeness (QED) is 0.300. The standard InChI is InChI=1S/C32H31FN4O2S/c1-21-9-8-12-26(22(21)2)37-32-29(30(34-37)23-10-4-3-5-11-23)31(24-13-15-25(33)16-14-24)40-20-28(39)36(32)19-27(38)35-17-6-7-18-35/h3-5,8-16,31H,6-7,17-20H2,1-2H3/t31-/m0/s1. The lowest BCUT2D eigenvalue weighted by Gasteiger charge is -2.26. The molecule has 6 nitrogen and oxygen atoms in total. The van der Waals surface area contributed by atoms with Crippen molar-refractivity contribution >= 4 is 29.4 Å². The lowest BCUT2D eigenvalue weighted by atomic mass is 9.99. The van der Waals surface area contributed by atoms with E-state index in [9.17, 15) is 14.0 Å². The van der Waals surface area contributed by atoms with Gasteiger partial charge in [-0.05, 0) is 61.6 Å². The van der Waals surface area contributed by atoms with Crippen LogP contribution in [0.2, 0.25) is 0 Å². The molecule has 3 heterocycles. The molecule has 4 aromatic rings. The normalized spacial score (nSPS) is 17.2. The van der Waals surface area contributed by atoms with Gasteiger partial charge in [-0.15, -0.1) is 11.8 Å². The Kier molecular flexibility index (Phi) is 7.19. The number of hydrogen-bond acceptors (Lipinski definition) is 4. The van der Waals surface area contributed by atoms with E-state index >= 15 is 0 Å². The van der Waals surface area contributed by atoms with Crippen LogP contribution in [-0.2, 0) is 9.59 Å². The molecule has 0 unspecified atom stereocenters. The maximum absolute atomic E-state index is 14.0. The van der Waals surface area contributed by atoms with Gasteiger partial charge in [0.25, 0.3) is 0 Å². The molecule has 40 heavy (non-hydrogen) atoms. The van der Waals surface area contributed by atoms with Crippen molar-refractivity contribution in [3.63, 3.8) is 0 Å². The van der Waals surface area contributed by atoms with Crippen molar-refractivity contribution in [1.82, 2.24) is 14.7 Å². The Morgan fingerprint density at radius 3 is 2.42 bits per heavy atom. The minimum atomic E-state index is -0.314. The largest absolute Gasteiger partial charge is 0.341 e. The zero-order valence-electron chi connectivity index (χ0n) is 22.6. The van der Waals surface area contributed by atoms with Crippen LogP contribution in [0.3, 0.4) is 0 Å². The Bertz CT molecular complexity index is 1560. The summed E-state index contributed by atoms with van der Waals surface area (Å²) < 4.78 is 15.8. The van der Waals surface area contributed by atoms with Gasteiger partial charge in [0, 0.05) is 24.2 Å². The number of aryl methyl sites for hydroxylation is 1. The number of amides is 2. The number of benzene rings is 3. The second kappa shape index (κ2) is 10.9. The molecule has 3 aromatic carbocycles. The predicted octanol–water partition coefficient (Wildman–Crippen LogP) is 6.09. The molecule has 0 N–H and O–H groups in total. The van der Waals surface area contributed by atoms with Crippen LogP contribution in [0.1, 0.15) is 40.3 Å². The molecule has 1 aromatic heterocycles. The van der Waals surface area contributed by atoms with Gasteiger partial charge in [0.2, 0.25) is 11.8 Å². The van der Waals surface area contributed by atoms with Gasteiger partial charge < -0.3 is 4.90 Å². The first kappa shape index (κ1) is 26.3. The van der Waals surface area contributed by atoms with E-state index in [0.717, 1.165) is 52.0 Å². The molecular formula is C32H31FN4O2S. The summed E-state index contributed by atoms with van der Waals surface area (Å²) in [6.45, 7) is 5.48. The molecular weight excluding hydrogens is 523 g/mol. The summed E-state index contributed by atoms with van der Waals surface area (Å²) in [6.07, 6.45) is 1.96. The van der Waals surface area contributed by atoms with E-state index in [0.29, 0.717) is 18.9 Å². The van der Waals surface area contributed by atoms with E-state index in [-0.39, 0.29) is 35.2 Å². The zero-order valence-corrected chi connectivity index (χ0v) is 23.5. The van der Waals surface area contributed by atoms with Crippen LogP contribution in [0.25, 0.3) is 16.9 Å². The number of likely N-dealkylation sites (tertiary alicyclic amines) is 1. The monoisotopic (exact) mass is 554 g/mol.